The van der Waals surface area contributed by atoms with Crippen molar-refractivity contribution in [2.24, 2.45) is 4.99 Å². The summed E-state index contributed by atoms with van der Waals surface area (Å²) in [4.78, 5) is 27.5. The third-order valence-corrected chi connectivity index (χ3v) is 4.06. The zero-order chi connectivity index (χ0) is 19.2. The van der Waals surface area contributed by atoms with E-state index in [1.807, 2.05) is 24.3 Å². The van der Waals surface area contributed by atoms with Gasteiger partial charge in [-0.3, -0.25) is 4.79 Å². The quantitative estimate of drug-likeness (QED) is 0.436. The van der Waals surface area contributed by atoms with Gasteiger partial charge in [0.05, 0.1) is 0 Å². The summed E-state index contributed by atoms with van der Waals surface area (Å²) in [7, 11) is 0. The third-order valence-electron chi connectivity index (χ3n) is 4.06. The molecule has 2 aromatic rings. The van der Waals surface area contributed by atoms with E-state index in [9.17, 15) is 9.59 Å². The van der Waals surface area contributed by atoms with Crippen LogP contribution in [0.2, 0.25) is 0 Å². The number of unbranched alkanes of at least 4 members (excludes halogenated alkanes) is 1. The molecule has 1 aliphatic rings. The van der Waals surface area contributed by atoms with Gasteiger partial charge in [-0.1, -0.05) is 37.6 Å². The molecule has 0 spiro atoms. The van der Waals surface area contributed by atoms with E-state index < -0.39 is 11.9 Å². The molecule has 138 valence electrons. The van der Waals surface area contributed by atoms with Crippen molar-refractivity contribution in [3.63, 3.8) is 0 Å². The molecule has 0 radical (unpaired) electrons. The molecule has 0 atom stereocenters. The van der Waals surface area contributed by atoms with Crippen molar-refractivity contribution < 1.29 is 19.1 Å². The molecule has 1 heterocycles. The van der Waals surface area contributed by atoms with Crippen LogP contribution in [-0.4, -0.2) is 17.8 Å². The third kappa shape index (κ3) is 4.91. The van der Waals surface area contributed by atoms with Gasteiger partial charge in [0.15, 0.2) is 5.70 Å². The maximum atomic E-state index is 12.1. The van der Waals surface area contributed by atoms with Crippen LogP contribution < -0.4 is 4.74 Å². The Morgan fingerprint density at radius 3 is 2.67 bits per heavy atom. The summed E-state index contributed by atoms with van der Waals surface area (Å²) in [5, 5.41) is 0. The predicted molar refractivity (Wildman–Crippen MR) is 103 cm³/mol. The number of ether oxygens (including phenoxy) is 2. The first-order valence-corrected chi connectivity index (χ1v) is 8.95. The monoisotopic (exact) mass is 363 g/mol. The van der Waals surface area contributed by atoms with Gasteiger partial charge < -0.3 is 9.47 Å². The molecule has 5 nitrogen and oxygen atoms in total. The van der Waals surface area contributed by atoms with Crippen molar-refractivity contribution in [1.29, 1.82) is 0 Å². The molecule has 0 bridgehead atoms. The van der Waals surface area contributed by atoms with Crippen LogP contribution in [0.25, 0.3) is 6.08 Å². The first kappa shape index (κ1) is 18.6. The highest BCUT2D eigenvalue weighted by molar-refractivity contribution is 6.12. The number of carbonyl (C=O) groups is 2. The smallest absolute Gasteiger partial charge is 0.363 e. The Bertz CT molecular complexity index is 910. The first-order chi connectivity index (χ1) is 13.0. The molecule has 3 rings (SSSR count). The summed E-state index contributed by atoms with van der Waals surface area (Å²) >= 11 is 0. The molecule has 27 heavy (non-hydrogen) atoms. The fraction of sp³-hybridized carbons (Fsp3) is 0.227. The Labute approximate surface area is 158 Å². The number of rotatable bonds is 6. The largest absolute Gasteiger partial charge is 0.427 e. The maximum absolute atomic E-state index is 12.1. The van der Waals surface area contributed by atoms with Gasteiger partial charge in [-0.25, -0.2) is 9.79 Å². The van der Waals surface area contributed by atoms with Gasteiger partial charge in [0, 0.05) is 12.5 Å². The molecule has 5 heteroatoms. The second kappa shape index (κ2) is 8.45. The van der Waals surface area contributed by atoms with Crippen LogP contribution in [0.5, 0.6) is 5.75 Å². The summed E-state index contributed by atoms with van der Waals surface area (Å²) < 4.78 is 10.4. The van der Waals surface area contributed by atoms with Crippen molar-refractivity contribution in [3.8, 4) is 5.75 Å². The van der Waals surface area contributed by atoms with E-state index in [0.717, 1.165) is 24.8 Å². The van der Waals surface area contributed by atoms with Gasteiger partial charge >= 0.3 is 11.9 Å². The number of benzene rings is 2. The summed E-state index contributed by atoms with van der Waals surface area (Å²) in [6.07, 6.45) is 4.94. The molecule has 0 unspecified atom stereocenters. The van der Waals surface area contributed by atoms with Gasteiger partial charge in [-0.05, 0) is 54.3 Å². The average molecular weight is 363 g/mol. The number of hydrogen-bond donors (Lipinski definition) is 0. The second-order valence-electron chi connectivity index (χ2n) is 6.30. The van der Waals surface area contributed by atoms with Gasteiger partial charge in [0.25, 0.3) is 0 Å². The molecule has 1 aliphatic heterocycles. The maximum Gasteiger partial charge on any atom is 0.363 e. The summed E-state index contributed by atoms with van der Waals surface area (Å²) in [6.45, 7) is 3.50. The van der Waals surface area contributed by atoms with E-state index in [4.69, 9.17) is 9.47 Å². The van der Waals surface area contributed by atoms with Crippen LogP contribution >= 0.6 is 0 Å². The molecule has 0 aromatic heterocycles. The number of esters is 2. The zero-order valence-corrected chi connectivity index (χ0v) is 15.4. The van der Waals surface area contributed by atoms with Crippen molar-refractivity contribution in [3.05, 3.63) is 70.9 Å². The van der Waals surface area contributed by atoms with Gasteiger partial charge in [-0.2, -0.15) is 0 Å². The lowest BCUT2D eigenvalue weighted by atomic mass is 10.1. The lowest BCUT2D eigenvalue weighted by Gasteiger charge is -2.02. The SMILES string of the molecule is CCCCc1ccc(C2=N/C(=C\c3cccc(OC(C)=O)c3)C(=O)O2)cc1. The van der Waals surface area contributed by atoms with Gasteiger partial charge in [0.2, 0.25) is 5.90 Å². The second-order valence-corrected chi connectivity index (χ2v) is 6.30. The Hall–Kier alpha value is -3.21. The highest BCUT2D eigenvalue weighted by Gasteiger charge is 2.24. The predicted octanol–water partition coefficient (Wildman–Crippen LogP) is 4.30. The molecule has 0 saturated carbocycles. The van der Waals surface area contributed by atoms with Crippen molar-refractivity contribution in [2.75, 3.05) is 0 Å². The Balaban J connectivity index is 1.79. The number of cyclic esters (lactones) is 1. The minimum Gasteiger partial charge on any atom is -0.427 e. The zero-order valence-electron chi connectivity index (χ0n) is 15.4. The lowest BCUT2D eigenvalue weighted by Crippen LogP contribution is -2.05. The van der Waals surface area contributed by atoms with Gasteiger partial charge in [-0.15, -0.1) is 0 Å². The van der Waals surface area contributed by atoms with Crippen LogP contribution in [0.1, 0.15) is 43.4 Å². The number of aliphatic imine (C=N–C) groups is 1. The highest BCUT2D eigenvalue weighted by Crippen LogP contribution is 2.22. The van der Waals surface area contributed by atoms with Crippen LogP contribution in [0.3, 0.4) is 0 Å². The first-order valence-electron chi connectivity index (χ1n) is 8.95. The molecular formula is C22H21NO4. The molecular weight excluding hydrogens is 342 g/mol. The summed E-state index contributed by atoms with van der Waals surface area (Å²) in [5.74, 6) is -0.194. The van der Waals surface area contributed by atoms with Crippen molar-refractivity contribution in [2.45, 2.75) is 33.1 Å². The highest BCUT2D eigenvalue weighted by atomic mass is 16.6. The van der Waals surface area contributed by atoms with E-state index in [2.05, 4.69) is 11.9 Å². The van der Waals surface area contributed by atoms with E-state index >= 15 is 0 Å². The lowest BCUT2D eigenvalue weighted by molar-refractivity contribution is -0.132. The van der Waals surface area contributed by atoms with E-state index in [1.54, 1.807) is 30.3 Å². The molecule has 0 N–H and O–H groups in total. The fourth-order valence-electron chi connectivity index (χ4n) is 2.72. The minimum absolute atomic E-state index is 0.208. The topological polar surface area (TPSA) is 65.0 Å². The Morgan fingerprint density at radius 2 is 1.96 bits per heavy atom. The molecule has 0 aliphatic carbocycles. The molecule has 2 aromatic carbocycles. The molecule has 0 fully saturated rings. The molecule has 0 saturated heterocycles. The minimum atomic E-state index is -0.502. The molecule has 0 amide bonds. The van der Waals surface area contributed by atoms with Crippen LogP contribution in [0.15, 0.2) is 59.2 Å². The van der Waals surface area contributed by atoms with E-state index in [0.29, 0.717) is 17.2 Å². The summed E-state index contributed by atoms with van der Waals surface area (Å²) in [5.41, 5.74) is 2.92. The van der Waals surface area contributed by atoms with Crippen molar-refractivity contribution in [1.82, 2.24) is 0 Å². The van der Waals surface area contributed by atoms with Gasteiger partial charge in [0.1, 0.15) is 5.75 Å². The van der Waals surface area contributed by atoms with Crippen LogP contribution in [0, 0.1) is 0 Å². The number of aryl methyl sites for hydroxylation is 1. The number of hydrogen-bond acceptors (Lipinski definition) is 5. The number of carbonyl (C=O) groups excluding carboxylic acids is 2. The standard InChI is InChI=1S/C22H21NO4/c1-3-4-6-16-9-11-18(12-10-16)21-23-20(22(25)27-21)14-17-7-5-8-19(13-17)26-15(2)24/h5,7-14H,3-4,6H2,1-2H3/b20-14-. The Kier molecular flexibility index (Phi) is 5.81. The fourth-order valence-corrected chi connectivity index (χ4v) is 2.72. The number of nitrogens with zero attached hydrogens (tertiary/aromatic N) is 1. The van der Waals surface area contributed by atoms with E-state index in [-0.39, 0.29) is 5.70 Å². The Morgan fingerprint density at radius 1 is 1.19 bits per heavy atom. The van der Waals surface area contributed by atoms with E-state index in [1.165, 1.54) is 12.5 Å². The average Bonchev–Trinajstić information content (AvgIpc) is 3.01. The van der Waals surface area contributed by atoms with Crippen molar-refractivity contribution >= 4 is 23.9 Å². The van der Waals surface area contributed by atoms with Crippen LogP contribution in [0.4, 0.5) is 0 Å². The van der Waals surface area contributed by atoms with Crippen LogP contribution in [-0.2, 0) is 20.7 Å². The normalized spacial score (nSPS) is 14.8. The summed E-state index contributed by atoms with van der Waals surface area (Å²) in [6, 6.07) is 14.8.